The van der Waals surface area contributed by atoms with Gasteiger partial charge in [-0.1, -0.05) is 12.1 Å². The Kier molecular flexibility index (Phi) is 8.12. The summed E-state index contributed by atoms with van der Waals surface area (Å²) in [6.45, 7) is 4.43. The van der Waals surface area contributed by atoms with Crippen molar-refractivity contribution in [2.24, 2.45) is 0 Å². The lowest BCUT2D eigenvalue weighted by molar-refractivity contribution is -0.131. The summed E-state index contributed by atoms with van der Waals surface area (Å²) < 4.78 is 10.5. The van der Waals surface area contributed by atoms with Crippen LogP contribution >= 0.6 is 12.4 Å². The smallest absolute Gasteiger partial charge is 0.227 e. The third-order valence-corrected chi connectivity index (χ3v) is 3.28. The standard InChI is InChI=1S/C15H22N2O3.ClH/c1-19-9-10-20-14-4-2-3-13(11-14)12-15(18)17-7-5-16-6-8-17;/h2-4,11,16H,5-10,12H2,1H3;1H. The number of rotatable bonds is 6. The first kappa shape index (κ1) is 17.8. The highest BCUT2D eigenvalue weighted by Crippen LogP contribution is 2.14. The number of carbonyl (C=O) groups excluding carboxylic acids is 1. The molecule has 1 aliphatic heterocycles. The van der Waals surface area contributed by atoms with E-state index in [4.69, 9.17) is 9.47 Å². The first-order valence-corrected chi connectivity index (χ1v) is 6.99. The maximum atomic E-state index is 12.2. The molecule has 0 unspecified atom stereocenters. The van der Waals surface area contributed by atoms with Crippen molar-refractivity contribution in [3.63, 3.8) is 0 Å². The molecule has 1 aromatic rings. The molecule has 1 saturated heterocycles. The van der Waals surface area contributed by atoms with Crippen molar-refractivity contribution in [2.75, 3.05) is 46.5 Å². The quantitative estimate of drug-likeness (QED) is 0.799. The number of methoxy groups -OCH3 is 1. The monoisotopic (exact) mass is 314 g/mol. The van der Waals surface area contributed by atoms with Gasteiger partial charge in [0.05, 0.1) is 13.0 Å². The van der Waals surface area contributed by atoms with Gasteiger partial charge in [-0.15, -0.1) is 12.4 Å². The molecule has 1 amide bonds. The predicted molar refractivity (Wildman–Crippen MR) is 84.2 cm³/mol. The van der Waals surface area contributed by atoms with E-state index in [-0.39, 0.29) is 18.3 Å². The molecule has 5 nitrogen and oxygen atoms in total. The van der Waals surface area contributed by atoms with Crippen LogP contribution in [0.1, 0.15) is 5.56 Å². The van der Waals surface area contributed by atoms with Crippen LogP contribution in [0.4, 0.5) is 0 Å². The molecule has 1 fully saturated rings. The number of piperazine rings is 1. The summed E-state index contributed by atoms with van der Waals surface area (Å²) in [5.74, 6) is 0.966. The van der Waals surface area contributed by atoms with E-state index in [9.17, 15) is 4.79 Å². The SMILES string of the molecule is COCCOc1cccc(CC(=O)N2CCNCC2)c1.Cl. The maximum absolute atomic E-state index is 12.2. The second-order valence-electron chi connectivity index (χ2n) is 4.80. The molecule has 1 N–H and O–H groups in total. The number of carbonyl (C=O) groups is 1. The first-order chi connectivity index (χ1) is 9.79. The number of ether oxygens (including phenoxy) is 2. The molecule has 0 spiro atoms. The molecule has 2 rings (SSSR count). The molecule has 0 aromatic heterocycles. The lowest BCUT2D eigenvalue weighted by Crippen LogP contribution is -2.46. The number of nitrogens with zero attached hydrogens (tertiary/aromatic N) is 1. The molecule has 0 bridgehead atoms. The zero-order chi connectivity index (χ0) is 14.2. The molecule has 0 aliphatic carbocycles. The van der Waals surface area contributed by atoms with E-state index in [2.05, 4.69) is 5.32 Å². The van der Waals surface area contributed by atoms with Crippen molar-refractivity contribution in [2.45, 2.75) is 6.42 Å². The minimum Gasteiger partial charge on any atom is -0.491 e. The largest absolute Gasteiger partial charge is 0.491 e. The fourth-order valence-electron chi connectivity index (χ4n) is 2.19. The molecular formula is C15H23ClN2O3. The minimum absolute atomic E-state index is 0. The molecule has 0 radical (unpaired) electrons. The van der Waals surface area contributed by atoms with Crippen LogP contribution in [0.25, 0.3) is 0 Å². The molecule has 0 atom stereocenters. The Hall–Kier alpha value is -1.30. The number of halogens is 1. The lowest BCUT2D eigenvalue weighted by Gasteiger charge is -2.27. The summed E-state index contributed by atoms with van der Waals surface area (Å²) in [6.07, 6.45) is 0.432. The summed E-state index contributed by atoms with van der Waals surface area (Å²) >= 11 is 0. The van der Waals surface area contributed by atoms with Crippen LogP contribution in [0.2, 0.25) is 0 Å². The maximum Gasteiger partial charge on any atom is 0.227 e. The molecule has 1 aromatic carbocycles. The first-order valence-electron chi connectivity index (χ1n) is 6.99. The lowest BCUT2D eigenvalue weighted by atomic mass is 10.1. The summed E-state index contributed by atoms with van der Waals surface area (Å²) in [7, 11) is 1.64. The highest BCUT2D eigenvalue weighted by molar-refractivity contribution is 5.85. The number of nitrogens with one attached hydrogen (secondary N) is 1. The van der Waals surface area contributed by atoms with E-state index in [1.165, 1.54) is 0 Å². The van der Waals surface area contributed by atoms with E-state index in [0.29, 0.717) is 19.6 Å². The van der Waals surface area contributed by atoms with Gasteiger partial charge in [0, 0.05) is 33.3 Å². The Morgan fingerprint density at radius 1 is 1.29 bits per heavy atom. The normalized spacial score (nSPS) is 14.4. The molecule has 1 aliphatic rings. The van der Waals surface area contributed by atoms with Crippen molar-refractivity contribution < 1.29 is 14.3 Å². The van der Waals surface area contributed by atoms with Gasteiger partial charge >= 0.3 is 0 Å². The number of hydrogen-bond acceptors (Lipinski definition) is 4. The van der Waals surface area contributed by atoms with Crippen molar-refractivity contribution in [3.05, 3.63) is 29.8 Å². The zero-order valence-corrected chi connectivity index (χ0v) is 13.2. The van der Waals surface area contributed by atoms with Crippen LogP contribution in [0, 0.1) is 0 Å². The Labute approximate surface area is 132 Å². The van der Waals surface area contributed by atoms with Gasteiger partial charge in [0.15, 0.2) is 0 Å². The van der Waals surface area contributed by atoms with Gasteiger partial charge in [-0.25, -0.2) is 0 Å². The van der Waals surface area contributed by atoms with Gasteiger partial charge in [-0.2, -0.15) is 0 Å². The third-order valence-electron chi connectivity index (χ3n) is 3.28. The van der Waals surface area contributed by atoms with Crippen LogP contribution < -0.4 is 10.1 Å². The van der Waals surface area contributed by atoms with Gasteiger partial charge in [0.2, 0.25) is 5.91 Å². The highest BCUT2D eigenvalue weighted by atomic mass is 35.5. The highest BCUT2D eigenvalue weighted by Gasteiger charge is 2.16. The molecule has 118 valence electrons. The number of amides is 1. The van der Waals surface area contributed by atoms with Crippen LogP contribution in [-0.2, 0) is 16.0 Å². The summed E-state index contributed by atoms with van der Waals surface area (Å²) in [5, 5.41) is 3.25. The van der Waals surface area contributed by atoms with Gasteiger partial charge in [0.1, 0.15) is 12.4 Å². The van der Waals surface area contributed by atoms with E-state index < -0.39 is 0 Å². The minimum atomic E-state index is 0. The molecule has 0 saturated carbocycles. The average molecular weight is 315 g/mol. The van der Waals surface area contributed by atoms with Crippen molar-refractivity contribution in [1.82, 2.24) is 10.2 Å². The van der Waals surface area contributed by atoms with Crippen LogP contribution in [0.5, 0.6) is 5.75 Å². The second-order valence-corrected chi connectivity index (χ2v) is 4.80. The fourth-order valence-corrected chi connectivity index (χ4v) is 2.19. The zero-order valence-electron chi connectivity index (χ0n) is 12.3. The Balaban J connectivity index is 0.00000220. The van der Waals surface area contributed by atoms with Crippen LogP contribution in [-0.4, -0.2) is 57.3 Å². The number of hydrogen-bond donors (Lipinski definition) is 1. The van der Waals surface area contributed by atoms with E-state index in [0.717, 1.165) is 37.5 Å². The Morgan fingerprint density at radius 3 is 2.76 bits per heavy atom. The van der Waals surface area contributed by atoms with Crippen LogP contribution in [0.15, 0.2) is 24.3 Å². The molecular weight excluding hydrogens is 292 g/mol. The Morgan fingerprint density at radius 2 is 2.05 bits per heavy atom. The van der Waals surface area contributed by atoms with Gasteiger partial charge in [0.25, 0.3) is 0 Å². The molecule has 21 heavy (non-hydrogen) atoms. The molecule has 1 heterocycles. The van der Waals surface area contributed by atoms with E-state index in [1.807, 2.05) is 29.2 Å². The van der Waals surface area contributed by atoms with E-state index >= 15 is 0 Å². The van der Waals surface area contributed by atoms with Crippen LogP contribution in [0.3, 0.4) is 0 Å². The molecule has 6 heteroatoms. The summed E-state index contributed by atoms with van der Waals surface area (Å²) in [6, 6.07) is 7.70. The number of benzene rings is 1. The van der Waals surface area contributed by atoms with Crippen molar-refractivity contribution in [3.8, 4) is 5.75 Å². The Bertz CT molecular complexity index is 437. The van der Waals surface area contributed by atoms with E-state index in [1.54, 1.807) is 7.11 Å². The topological polar surface area (TPSA) is 50.8 Å². The second kappa shape index (κ2) is 9.60. The van der Waals surface area contributed by atoms with Crippen molar-refractivity contribution >= 4 is 18.3 Å². The van der Waals surface area contributed by atoms with Gasteiger partial charge in [-0.3, -0.25) is 4.79 Å². The van der Waals surface area contributed by atoms with Gasteiger partial charge < -0.3 is 19.7 Å². The third kappa shape index (κ3) is 5.91. The predicted octanol–water partition coefficient (Wildman–Crippen LogP) is 1.11. The fraction of sp³-hybridized carbons (Fsp3) is 0.533. The average Bonchev–Trinajstić information content (AvgIpc) is 2.49. The summed E-state index contributed by atoms with van der Waals surface area (Å²) in [5.41, 5.74) is 0.989. The summed E-state index contributed by atoms with van der Waals surface area (Å²) in [4.78, 5) is 14.1. The van der Waals surface area contributed by atoms with Gasteiger partial charge in [-0.05, 0) is 17.7 Å². The van der Waals surface area contributed by atoms with Crippen molar-refractivity contribution in [1.29, 1.82) is 0 Å².